The van der Waals surface area contributed by atoms with Gasteiger partial charge in [0.25, 0.3) is 5.91 Å². The van der Waals surface area contributed by atoms with E-state index < -0.39 is 28.5 Å². The van der Waals surface area contributed by atoms with Crippen LogP contribution in [0.3, 0.4) is 0 Å². The first-order valence-electron chi connectivity index (χ1n) is 12.7. The fraction of sp³-hybridized carbons (Fsp3) is 0.393. The van der Waals surface area contributed by atoms with Crippen LogP contribution in [0.15, 0.2) is 47.1 Å². The SMILES string of the molecule is CCC(C(=O)CCN(C(=O)C(Cl)Cl)c1ccnc(-c2cc(-c3c(Cl)cccc3Cl)no2)c1)N(C)C(=O)OC(C)(C)C. The Morgan fingerprint density at radius 2 is 1.71 bits per heavy atom. The monoisotopic (exact) mass is 642 g/mol. The molecule has 2 heterocycles. The number of carbonyl (C=O) groups is 3. The second-order valence-electron chi connectivity index (χ2n) is 10.1. The van der Waals surface area contributed by atoms with Gasteiger partial charge in [-0.1, -0.05) is 64.6 Å². The lowest BCUT2D eigenvalue weighted by molar-refractivity contribution is -0.123. The van der Waals surface area contributed by atoms with Crippen molar-refractivity contribution >= 4 is 69.9 Å². The molecule has 1 atom stereocenters. The maximum atomic E-state index is 13.2. The standard InChI is InChI=1S/C28H30Cl4N4O5/c1-6-21(35(5)27(39)40-28(2,3)4)22(37)11-13-36(26(38)25(31)32)16-10-12-33-19(14-16)23-15-20(34-41-23)24-17(29)8-7-9-18(24)30/h7-10,12,14-15,21,25H,6,11,13H2,1-5H3. The number of ether oxygens (including phenoxy) is 1. The Balaban J connectivity index is 1.84. The van der Waals surface area contributed by atoms with E-state index in [9.17, 15) is 14.4 Å². The van der Waals surface area contributed by atoms with Crippen LogP contribution in [-0.4, -0.2) is 62.9 Å². The highest BCUT2D eigenvalue weighted by atomic mass is 35.5. The van der Waals surface area contributed by atoms with Gasteiger partial charge >= 0.3 is 6.09 Å². The van der Waals surface area contributed by atoms with E-state index >= 15 is 0 Å². The van der Waals surface area contributed by atoms with E-state index in [2.05, 4.69) is 10.1 Å². The molecule has 0 fully saturated rings. The Morgan fingerprint density at radius 3 is 2.29 bits per heavy atom. The molecule has 1 aromatic carbocycles. The van der Waals surface area contributed by atoms with Crippen LogP contribution in [0.1, 0.15) is 40.5 Å². The summed E-state index contributed by atoms with van der Waals surface area (Å²) in [5.74, 6) is -0.599. The first-order valence-corrected chi connectivity index (χ1v) is 14.3. The van der Waals surface area contributed by atoms with Crippen molar-refractivity contribution in [3.63, 3.8) is 0 Å². The van der Waals surface area contributed by atoms with Crippen LogP contribution < -0.4 is 4.90 Å². The Bertz CT molecular complexity index is 1390. The molecule has 0 radical (unpaired) electrons. The normalized spacial score (nSPS) is 12.2. The molecule has 41 heavy (non-hydrogen) atoms. The molecule has 9 nitrogen and oxygen atoms in total. The van der Waals surface area contributed by atoms with Gasteiger partial charge in [-0.3, -0.25) is 14.6 Å². The molecular weight excluding hydrogens is 614 g/mol. The molecule has 0 saturated heterocycles. The number of aromatic nitrogens is 2. The molecule has 0 spiro atoms. The van der Waals surface area contributed by atoms with Crippen LogP contribution >= 0.6 is 46.4 Å². The van der Waals surface area contributed by atoms with Gasteiger partial charge in [0.2, 0.25) is 0 Å². The van der Waals surface area contributed by atoms with Gasteiger partial charge in [-0.2, -0.15) is 0 Å². The quantitative estimate of drug-likeness (QED) is 0.211. The largest absolute Gasteiger partial charge is 0.444 e. The first kappa shape index (κ1) is 32.7. The number of halogens is 4. The number of alkyl halides is 2. The Labute approximate surface area is 258 Å². The van der Waals surface area contributed by atoms with E-state index in [-0.39, 0.29) is 18.7 Å². The summed E-state index contributed by atoms with van der Waals surface area (Å²) in [7, 11) is 1.51. The third-order valence-electron chi connectivity index (χ3n) is 5.98. The highest BCUT2D eigenvalue weighted by Gasteiger charge is 2.30. The highest BCUT2D eigenvalue weighted by molar-refractivity contribution is 6.54. The minimum absolute atomic E-state index is 0.0490. The molecule has 0 saturated carbocycles. The molecule has 3 rings (SSSR count). The number of hydrogen-bond donors (Lipinski definition) is 0. The van der Waals surface area contributed by atoms with Crippen molar-refractivity contribution in [2.75, 3.05) is 18.5 Å². The summed E-state index contributed by atoms with van der Waals surface area (Å²) in [5, 5.41) is 4.87. The van der Waals surface area contributed by atoms with Gasteiger partial charge in [0.15, 0.2) is 16.4 Å². The van der Waals surface area contributed by atoms with E-state index in [4.69, 9.17) is 55.7 Å². The van der Waals surface area contributed by atoms with Gasteiger partial charge in [-0.05, 0) is 51.5 Å². The molecule has 3 aromatic rings. The third-order valence-corrected chi connectivity index (χ3v) is 6.98. The predicted octanol–water partition coefficient (Wildman–Crippen LogP) is 7.45. The molecule has 1 unspecified atom stereocenters. The van der Waals surface area contributed by atoms with Crippen LogP contribution in [0.2, 0.25) is 10.0 Å². The smallest absolute Gasteiger partial charge is 0.410 e. The van der Waals surface area contributed by atoms with Crippen molar-refractivity contribution in [2.24, 2.45) is 0 Å². The Hall–Kier alpha value is -2.85. The van der Waals surface area contributed by atoms with Crippen LogP contribution in [0.5, 0.6) is 0 Å². The number of amides is 2. The Morgan fingerprint density at radius 1 is 1.05 bits per heavy atom. The van der Waals surface area contributed by atoms with Gasteiger partial charge in [-0.25, -0.2) is 4.79 Å². The van der Waals surface area contributed by atoms with E-state index in [1.54, 1.807) is 64.1 Å². The van der Waals surface area contributed by atoms with E-state index in [1.165, 1.54) is 23.0 Å². The molecule has 13 heteroatoms. The number of Topliss-reactive ketones (excluding diaryl/α,β-unsaturated/α-hetero) is 1. The second kappa shape index (κ2) is 13.9. The summed E-state index contributed by atoms with van der Waals surface area (Å²) >= 11 is 24.5. The average molecular weight is 644 g/mol. The van der Waals surface area contributed by atoms with Crippen LogP contribution in [0, 0.1) is 0 Å². The molecule has 0 N–H and O–H groups in total. The summed E-state index contributed by atoms with van der Waals surface area (Å²) in [5.41, 5.74) is 0.926. The lowest BCUT2D eigenvalue weighted by Crippen LogP contribution is -2.45. The predicted molar refractivity (Wildman–Crippen MR) is 161 cm³/mol. The minimum atomic E-state index is -1.38. The van der Waals surface area contributed by atoms with E-state index in [1.807, 2.05) is 0 Å². The zero-order valence-electron chi connectivity index (χ0n) is 23.2. The van der Waals surface area contributed by atoms with Crippen LogP contribution in [-0.2, 0) is 14.3 Å². The Kier molecular flexibility index (Phi) is 11.1. The van der Waals surface area contributed by atoms with Crippen molar-refractivity contribution < 1.29 is 23.6 Å². The maximum absolute atomic E-state index is 13.2. The number of hydrogen-bond acceptors (Lipinski definition) is 7. The minimum Gasteiger partial charge on any atom is -0.444 e. The van der Waals surface area contributed by atoms with Gasteiger partial charge in [-0.15, -0.1) is 0 Å². The van der Waals surface area contributed by atoms with Crippen LogP contribution in [0.4, 0.5) is 10.5 Å². The average Bonchev–Trinajstić information content (AvgIpc) is 3.38. The number of rotatable bonds is 10. The second-order valence-corrected chi connectivity index (χ2v) is 12.0. The topological polar surface area (TPSA) is 106 Å². The summed E-state index contributed by atoms with van der Waals surface area (Å²) in [4.78, 5) is 44.2. The molecular formula is C28H30Cl4N4O5. The van der Waals surface area contributed by atoms with Gasteiger partial charge in [0.05, 0.1) is 16.1 Å². The zero-order valence-corrected chi connectivity index (χ0v) is 26.2. The van der Waals surface area contributed by atoms with Crippen LogP contribution in [0.25, 0.3) is 22.7 Å². The van der Waals surface area contributed by atoms with Gasteiger partial charge < -0.3 is 19.1 Å². The molecule has 0 aliphatic carbocycles. The number of carbonyl (C=O) groups excluding carboxylic acids is 3. The number of ketones is 1. The molecule has 2 aromatic heterocycles. The van der Waals surface area contributed by atoms with Gasteiger partial charge in [0.1, 0.15) is 17.0 Å². The van der Waals surface area contributed by atoms with Crippen molar-refractivity contribution in [3.05, 3.63) is 52.6 Å². The van der Waals surface area contributed by atoms with Crippen molar-refractivity contribution in [1.29, 1.82) is 0 Å². The number of pyridine rings is 1. The lowest BCUT2D eigenvalue weighted by atomic mass is 10.1. The van der Waals surface area contributed by atoms with E-state index in [0.717, 1.165) is 0 Å². The number of likely N-dealkylation sites (N-methyl/N-ethyl adjacent to an activating group) is 1. The fourth-order valence-electron chi connectivity index (χ4n) is 4.03. The molecule has 0 aliphatic rings. The first-order chi connectivity index (χ1) is 19.2. The number of nitrogens with zero attached hydrogens (tertiary/aromatic N) is 4. The molecule has 220 valence electrons. The summed E-state index contributed by atoms with van der Waals surface area (Å²) in [6.07, 6.45) is 1.14. The number of anilines is 1. The zero-order chi connectivity index (χ0) is 30.5. The van der Waals surface area contributed by atoms with E-state index in [0.29, 0.717) is 44.9 Å². The third kappa shape index (κ3) is 8.35. The molecule has 0 bridgehead atoms. The molecule has 0 aliphatic heterocycles. The van der Waals surface area contributed by atoms with Crippen molar-refractivity contribution in [3.8, 4) is 22.7 Å². The van der Waals surface area contributed by atoms with Crippen molar-refractivity contribution in [2.45, 2.75) is 57.0 Å². The summed E-state index contributed by atoms with van der Waals surface area (Å²) in [6, 6.07) is 9.12. The number of benzene rings is 1. The van der Waals surface area contributed by atoms with Crippen molar-refractivity contribution in [1.82, 2.24) is 15.0 Å². The fourth-order valence-corrected chi connectivity index (χ4v) is 4.86. The lowest BCUT2D eigenvalue weighted by Gasteiger charge is -2.30. The summed E-state index contributed by atoms with van der Waals surface area (Å²) in [6.45, 7) is 6.97. The summed E-state index contributed by atoms with van der Waals surface area (Å²) < 4.78 is 10.9. The molecule has 2 amide bonds. The maximum Gasteiger partial charge on any atom is 0.410 e. The highest BCUT2D eigenvalue weighted by Crippen LogP contribution is 2.36. The van der Waals surface area contributed by atoms with Gasteiger partial charge in [0, 0.05) is 43.5 Å².